The highest BCUT2D eigenvalue weighted by atomic mass is 32.2. The second-order valence-corrected chi connectivity index (χ2v) is 6.10. The van der Waals surface area contributed by atoms with Crippen LogP contribution in [0.5, 0.6) is 0 Å². The van der Waals surface area contributed by atoms with Crippen LogP contribution in [-0.4, -0.2) is 47.6 Å². The highest BCUT2D eigenvalue weighted by Gasteiger charge is 2.29. The molecule has 0 aromatic rings. The minimum atomic E-state index is -0.504. The van der Waals surface area contributed by atoms with Crippen molar-refractivity contribution in [3.63, 3.8) is 0 Å². The van der Waals surface area contributed by atoms with Crippen LogP contribution in [0.4, 0.5) is 0 Å². The summed E-state index contributed by atoms with van der Waals surface area (Å²) < 4.78 is 4.82. The van der Waals surface area contributed by atoms with Gasteiger partial charge in [0.15, 0.2) is 0 Å². The highest BCUT2D eigenvalue weighted by Crippen LogP contribution is 2.28. The zero-order valence-corrected chi connectivity index (χ0v) is 13.7. The van der Waals surface area contributed by atoms with Crippen LogP contribution >= 0.6 is 11.8 Å². The quantitative estimate of drug-likeness (QED) is 0.587. The van der Waals surface area contributed by atoms with Gasteiger partial charge in [0.25, 0.3) is 0 Å². The SMILES string of the molecule is CCOC(=O)/C=C1\SCC(=O)N1CC(=O)N[C@H](C)C(C)C. The third-order valence-corrected chi connectivity index (χ3v) is 4.15. The molecule has 0 aromatic heterocycles. The van der Waals surface area contributed by atoms with Gasteiger partial charge in [-0.05, 0) is 19.8 Å². The Morgan fingerprint density at radius 2 is 2.10 bits per heavy atom. The number of carbonyl (C=O) groups excluding carboxylic acids is 3. The molecule has 0 unspecified atom stereocenters. The first-order valence-electron chi connectivity index (χ1n) is 6.96. The number of nitrogens with zero attached hydrogens (tertiary/aromatic N) is 1. The minimum Gasteiger partial charge on any atom is -0.463 e. The number of hydrogen-bond acceptors (Lipinski definition) is 5. The van der Waals surface area contributed by atoms with E-state index in [4.69, 9.17) is 4.74 Å². The van der Waals surface area contributed by atoms with Gasteiger partial charge in [-0.3, -0.25) is 14.5 Å². The van der Waals surface area contributed by atoms with Crippen LogP contribution in [0.3, 0.4) is 0 Å². The van der Waals surface area contributed by atoms with E-state index >= 15 is 0 Å². The molecule has 1 heterocycles. The summed E-state index contributed by atoms with van der Waals surface area (Å²) in [6.45, 7) is 7.84. The lowest BCUT2D eigenvalue weighted by molar-refractivity contribution is -0.137. The van der Waals surface area contributed by atoms with Crippen molar-refractivity contribution >= 4 is 29.5 Å². The van der Waals surface area contributed by atoms with Crippen LogP contribution in [0.15, 0.2) is 11.1 Å². The lowest BCUT2D eigenvalue weighted by atomic mass is 10.1. The fourth-order valence-corrected chi connectivity index (χ4v) is 2.52. The smallest absolute Gasteiger partial charge is 0.333 e. The Kier molecular flexibility index (Phi) is 6.74. The lowest BCUT2D eigenvalue weighted by Gasteiger charge is -2.21. The van der Waals surface area contributed by atoms with Gasteiger partial charge in [-0.2, -0.15) is 0 Å². The third kappa shape index (κ3) is 5.41. The van der Waals surface area contributed by atoms with E-state index in [1.165, 1.54) is 22.7 Å². The van der Waals surface area contributed by atoms with E-state index < -0.39 is 5.97 Å². The predicted octanol–water partition coefficient (Wildman–Crippen LogP) is 1.13. The Morgan fingerprint density at radius 1 is 1.43 bits per heavy atom. The molecule has 2 amide bonds. The number of rotatable bonds is 6. The molecule has 0 aliphatic carbocycles. The van der Waals surface area contributed by atoms with Crippen molar-refractivity contribution in [2.75, 3.05) is 18.9 Å². The number of ether oxygens (including phenoxy) is 1. The molecule has 1 aliphatic rings. The maximum absolute atomic E-state index is 12.0. The summed E-state index contributed by atoms with van der Waals surface area (Å²) >= 11 is 1.24. The van der Waals surface area contributed by atoms with E-state index in [0.29, 0.717) is 10.9 Å². The summed E-state index contributed by atoms with van der Waals surface area (Å²) in [5, 5.41) is 3.30. The third-order valence-electron chi connectivity index (χ3n) is 3.13. The first kappa shape index (κ1) is 17.6. The van der Waals surface area contributed by atoms with Gasteiger partial charge in [0.05, 0.1) is 23.5 Å². The molecule has 6 nitrogen and oxygen atoms in total. The standard InChI is InChI=1S/C14H22N2O4S/c1-5-20-14(19)6-13-16(12(18)8-21-13)7-11(17)15-10(4)9(2)3/h6,9-10H,5,7-8H2,1-4H3,(H,15,17)/b13-6-/t10-/m1/s1. The molecule has 1 fully saturated rings. The molecule has 0 aromatic carbocycles. The first-order valence-corrected chi connectivity index (χ1v) is 7.94. The molecule has 1 aliphatic heterocycles. The molecule has 7 heteroatoms. The normalized spacial score (nSPS) is 18.2. The molecular weight excluding hydrogens is 292 g/mol. The van der Waals surface area contributed by atoms with E-state index in [1.807, 2.05) is 20.8 Å². The Hall–Kier alpha value is -1.50. The maximum Gasteiger partial charge on any atom is 0.333 e. The molecule has 1 N–H and O–H groups in total. The molecule has 1 saturated heterocycles. The highest BCUT2D eigenvalue weighted by molar-refractivity contribution is 8.04. The van der Waals surface area contributed by atoms with Crippen molar-refractivity contribution in [1.29, 1.82) is 0 Å². The summed E-state index contributed by atoms with van der Waals surface area (Å²) in [5.74, 6) is -0.370. The molecule has 1 rings (SSSR count). The molecule has 1 atom stereocenters. The molecular formula is C14H22N2O4S. The average Bonchev–Trinajstić information content (AvgIpc) is 2.71. The van der Waals surface area contributed by atoms with E-state index in [-0.39, 0.29) is 36.8 Å². The molecule has 0 saturated carbocycles. The van der Waals surface area contributed by atoms with Gasteiger partial charge in [0, 0.05) is 6.04 Å². The van der Waals surface area contributed by atoms with Crippen LogP contribution in [0, 0.1) is 5.92 Å². The summed E-state index contributed by atoms with van der Waals surface area (Å²) in [6.07, 6.45) is 1.26. The monoisotopic (exact) mass is 314 g/mol. The van der Waals surface area contributed by atoms with Gasteiger partial charge < -0.3 is 10.1 Å². The Balaban J connectivity index is 2.67. The van der Waals surface area contributed by atoms with Gasteiger partial charge >= 0.3 is 5.97 Å². The van der Waals surface area contributed by atoms with Crippen LogP contribution < -0.4 is 5.32 Å². The number of esters is 1. The van der Waals surface area contributed by atoms with Gasteiger partial charge in [0.1, 0.15) is 6.54 Å². The van der Waals surface area contributed by atoms with E-state index in [2.05, 4.69) is 5.32 Å². The van der Waals surface area contributed by atoms with E-state index in [0.717, 1.165) is 0 Å². The zero-order chi connectivity index (χ0) is 16.0. The van der Waals surface area contributed by atoms with Crippen LogP contribution in [0.25, 0.3) is 0 Å². The lowest BCUT2D eigenvalue weighted by Crippen LogP contribution is -2.43. The fourth-order valence-electron chi connectivity index (χ4n) is 1.59. The largest absolute Gasteiger partial charge is 0.463 e. The second-order valence-electron chi connectivity index (χ2n) is 5.10. The summed E-state index contributed by atoms with van der Waals surface area (Å²) in [4.78, 5) is 36.5. The predicted molar refractivity (Wildman–Crippen MR) is 81.3 cm³/mol. The number of carbonyl (C=O) groups is 3. The Morgan fingerprint density at radius 3 is 2.67 bits per heavy atom. The van der Waals surface area contributed by atoms with Crippen LogP contribution in [0.1, 0.15) is 27.7 Å². The number of hydrogen-bond donors (Lipinski definition) is 1. The molecule has 0 spiro atoms. The van der Waals surface area contributed by atoms with Crippen molar-refractivity contribution in [3.05, 3.63) is 11.1 Å². The van der Waals surface area contributed by atoms with Crippen molar-refractivity contribution in [2.45, 2.75) is 33.7 Å². The van der Waals surface area contributed by atoms with Crippen LogP contribution in [0.2, 0.25) is 0 Å². The van der Waals surface area contributed by atoms with Gasteiger partial charge in [0.2, 0.25) is 11.8 Å². The minimum absolute atomic E-state index is 0.0281. The van der Waals surface area contributed by atoms with Gasteiger partial charge in [-0.1, -0.05) is 25.6 Å². The van der Waals surface area contributed by atoms with E-state index in [1.54, 1.807) is 6.92 Å². The Labute approximate surface area is 129 Å². The van der Waals surface area contributed by atoms with Crippen molar-refractivity contribution < 1.29 is 19.1 Å². The second kappa shape index (κ2) is 8.07. The maximum atomic E-state index is 12.0. The molecule has 118 valence electrons. The van der Waals surface area contributed by atoms with E-state index in [9.17, 15) is 14.4 Å². The Bertz CT molecular complexity index is 448. The fraction of sp³-hybridized carbons (Fsp3) is 0.643. The van der Waals surface area contributed by atoms with Gasteiger partial charge in [-0.15, -0.1) is 0 Å². The van der Waals surface area contributed by atoms with Crippen molar-refractivity contribution in [3.8, 4) is 0 Å². The average molecular weight is 314 g/mol. The van der Waals surface area contributed by atoms with Gasteiger partial charge in [-0.25, -0.2) is 4.79 Å². The summed E-state index contributed by atoms with van der Waals surface area (Å²) in [5.41, 5.74) is 0. The zero-order valence-electron chi connectivity index (χ0n) is 12.8. The molecule has 0 bridgehead atoms. The van der Waals surface area contributed by atoms with Crippen LogP contribution in [-0.2, 0) is 19.1 Å². The van der Waals surface area contributed by atoms with Crippen molar-refractivity contribution in [2.24, 2.45) is 5.92 Å². The first-order chi connectivity index (χ1) is 9.85. The summed E-state index contributed by atoms with van der Waals surface area (Å²) in [6, 6.07) is 0.0281. The molecule has 0 radical (unpaired) electrons. The van der Waals surface area contributed by atoms with Crippen molar-refractivity contribution in [1.82, 2.24) is 10.2 Å². The molecule has 21 heavy (non-hydrogen) atoms. The summed E-state index contributed by atoms with van der Waals surface area (Å²) in [7, 11) is 0. The topological polar surface area (TPSA) is 75.7 Å². The number of amides is 2. The number of thioether (sulfide) groups is 1. The number of nitrogens with one attached hydrogen (secondary N) is 1.